The van der Waals surface area contributed by atoms with Crippen LogP contribution in [0.25, 0.3) is 0 Å². The maximum absolute atomic E-state index is 9.43. The highest BCUT2D eigenvalue weighted by atomic mass is 16.3. The monoisotopic (exact) mass is 152 g/mol. The van der Waals surface area contributed by atoms with E-state index in [4.69, 9.17) is 5.73 Å². The first-order chi connectivity index (χ1) is 4.97. The Kier molecular flexibility index (Phi) is 2.04. The predicted octanol–water partition coefficient (Wildman–Crippen LogP) is -0.246. The third-order valence-corrected chi connectivity index (χ3v) is 1.48. The lowest BCUT2D eigenvalue weighted by Crippen LogP contribution is -2.24. The second-order valence-corrected chi connectivity index (χ2v) is 3.57. The van der Waals surface area contributed by atoms with E-state index in [-0.39, 0.29) is 0 Å². The van der Waals surface area contributed by atoms with Crippen LogP contribution in [0, 0.1) is 0 Å². The minimum absolute atomic E-state index is 0.643. The van der Waals surface area contributed by atoms with Crippen molar-refractivity contribution >= 4 is 13.0 Å². The quantitative estimate of drug-likeness (QED) is 0.536. The van der Waals surface area contributed by atoms with E-state index in [0.29, 0.717) is 19.4 Å². The van der Waals surface area contributed by atoms with Gasteiger partial charge in [-0.05, 0) is 20.3 Å². The molecule has 0 fully saturated rings. The first-order valence-electron chi connectivity index (χ1n) is 3.70. The van der Waals surface area contributed by atoms with Crippen molar-refractivity contribution in [2.45, 2.75) is 25.9 Å². The van der Waals surface area contributed by atoms with Crippen LogP contribution in [-0.4, -0.2) is 23.7 Å². The summed E-state index contributed by atoms with van der Waals surface area (Å²) >= 11 is 0. The molecule has 0 bridgehead atoms. The summed E-state index contributed by atoms with van der Waals surface area (Å²) in [6, 6.07) is 0. The topological polar surface area (TPSA) is 58.6 Å². The Morgan fingerprint density at radius 2 is 2.36 bits per heavy atom. The summed E-state index contributed by atoms with van der Waals surface area (Å²) in [6.45, 7) is 3.56. The highest BCUT2D eigenvalue weighted by Crippen LogP contribution is 2.16. The zero-order chi connectivity index (χ0) is 8.48. The van der Waals surface area contributed by atoms with E-state index in [0.717, 1.165) is 5.47 Å². The summed E-state index contributed by atoms with van der Waals surface area (Å²) in [4.78, 5) is 3.92. The molecule has 60 valence electrons. The molecule has 0 amide bonds. The van der Waals surface area contributed by atoms with Crippen LogP contribution in [0.2, 0.25) is 0 Å². The number of hydrogen-bond acceptors (Lipinski definition) is 3. The second-order valence-electron chi connectivity index (χ2n) is 3.57. The maximum Gasteiger partial charge on any atom is 0.234 e. The van der Waals surface area contributed by atoms with Gasteiger partial charge in [0.05, 0.1) is 11.3 Å². The molecule has 4 heteroatoms. The minimum Gasteiger partial charge on any atom is -0.395 e. The zero-order valence-electron chi connectivity index (χ0n) is 6.96. The van der Waals surface area contributed by atoms with Crippen molar-refractivity contribution in [2.75, 3.05) is 0 Å². The van der Waals surface area contributed by atoms with Gasteiger partial charge in [-0.3, -0.25) is 4.99 Å². The Morgan fingerprint density at radius 1 is 1.73 bits per heavy atom. The van der Waals surface area contributed by atoms with Gasteiger partial charge in [-0.25, -0.2) is 0 Å². The normalized spacial score (nSPS) is 17.4. The van der Waals surface area contributed by atoms with E-state index < -0.39 is 5.60 Å². The molecular weight excluding hydrogens is 139 g/mol. The molecule has 0 spiro atoms. The number of hydrogen-bond donors (Lipinski definition) is 2. The van der Waals surface area contributed by atoms with E-state index in [1.54, 1.807) is 20.0 Å². The van der Waals surface area contributed by atoms with Crippen molar-refractivity contribution in [2.24, 2.45) is 10.7 Å². The molecular formula is C7H13BN2O. The first kappa shape index (κ1) is 8.33. The molecule has 1 aliphatic rings. The van der Waals surface area contributed by atoms with Gasteiger partial charge >= 0.3 is 0 Å². The van der Waals surface area contributed by atoms with Crippen LogP contribution in [0.15, 0.2) is 16.7 Å². The molecule has 0 radical (unpaired) electrons. The zero-order valence-corrected chi connectivity index (χ0v) is 6.96. The molecule has 3 N–H and O–H groups in total. The lowest BCUT2D eigenvalue weighted by molar-refractivity contribution is 0.0827. The molecule has 3 nitrogen and oxygen atoms in total. The molecule has 1 rings (SSSR count). The molecule has 0 aromatic carbocycles. The van der Waals surface area contributed by atoms with Crippen LogP contribution < -0.4 is 5.73 Å². The van der Waals surface area contributed by atoms with E-state index in [1.807, 2.05) is 0 Å². The van der Waals surface area contributed by atoms with Crippen LogP contribution in [0.4, 0.5) is 0 Å². The smallest absolute Gasteiger partial charge is 0.234 e. The molecule has 0 aromatic rings. The van der Waals surface area contributed by atoms with Crippen LogP contribution in [0.3, 0.4) is 0 Å². The number of aliphatic hydroxyl groups is 1. The van der Waals surface area contributed by atoms with Crippen molar-refractivity contribution in [3.63, 3.8) is 0 Å². The molecule has 0 aromatic heterocycles. The van der Waals surface area contributed by atoms with E-state index in [1.165, 1.54) is 0 Å². The van der Waals surface area contributed by atoms with Crippen LogP contribution in [-0.2, 0) is 0 Å². The Hall–Kier alpha value is -0.765. The van der Waals surface area contributed by atoms with Crippen molar-refractivity contribution in [1.29, 1.82) is 0 Å². The Labute approximate surface area is 67.3 Å². The van der Waals surface area contributed by atoms with Gasteiger partial charge in [-0.15, -0.1) is 0 Å². The molecule has 0 atom stereocenters. The van der Waals surface area contributed by atoms with Crippen molar-refractivity contribution in [3.8, 4) is 0 Å². The van der Waals surface area contributed by atoms with Gasteiger partial charge in [-0.2, -0.15) is 0 Å². The molecule has 0 saturated carbocycles. The highest BCUT2D eigenvalue weighted by Gasteiger charge is 2.18. The molecule has 0 saturated heterocycles. The Morgan fingerprint density at radius 3 is 2.73 bits per heavy atom. The average molecular weight is 152 g/mol. The lowest BCUT2D eigenvalue weighted by atomic mass is 9.67. The van der Waals surface area contributed by atoms with Gasteiger partial charge in [-0.1, -0.05) is 5.47 Å². The summed E-state index contributed by atoms with van der Waals surface area (Å²) in [5.41, 5.74) is 6.56. The highest BCUT2D eigenvalue weighted by molar-refractivity contribution is 6.81. The minimum atomic E-state index is -0.647. The van der Waals surface area contributed by atoms with E-state index >= 15 is 0 Å². The average Bonchev–Trinajstić information content (AvgIpc) is 2.10. The Bertz CT molecular complexity index is 215. The predicted molar refractivity (Wildman–Crippen MR) is 47.8 cm³/mol. The third kappa shape index (κ3) is 2.76. The van der Waals surface area contributed by atoms with E-state index in [2.05, 4.69) is 4.99 Å². The fourth-order valence-corrected chi connectivity index (χ4v) is 1.16. The van der Waals surface area contributed by atoms with Gasteiger partial charge in [0.1, 0.15) is 0 Å². The fourth-order valence-electron chi connectivity index (χ4n) is 1.16. The summed E-state index contributed by atoms with van der Waals surface area (Å²) in [5, 5.41) is 9.43. The summed E-state index contributed by atoms with van der Waals surface area (Å²) < 4.78 is 0. The number of nitrogens with two attached hydrogens (primary N) is 1. The number of amidine groups is 1. The lowest BCUT2D eigenvalue weighted by Gasteiger charge is -2.16. The standard InChI is InChI=1S/C7H13BN2O/c1-7(2,11)3-5-4-10-6(9)8-5/h4,8,11H,3H2,1-2H3,(H2,9,10). The SMILES string of the molecule is CC(C)(O)CC1=CN=C(N)B1. The molecule has 0 unspecified atom stereocenters. The molecule has 1 heterocycles. The van der Waals surface area contributed by atoms with Crippen LogP contribution >= 0.6 is 0 Å². The maximum atomic E-state index is 9.43. The van der Waals surface area contributed by atoms with Gasteiger partial charge in [0.2, 0.25) is 7.28 Å². The number of rotatable bonds is 2. The number of nitrogens with zero attached hydrogens (tertiary/aromatic N) is 1. The summed E-state index contributed by atoms with van der Waals surface area (Å²) in [5.74, 6) is 0. The Balaban J connectivity index is 2.44. The summed E-state index contributed by atoms with van der Waals surface area (Å²) in [7, 11) is 0.712. The van der Waals surface area contributed by atoms with Crippen molar-refractivity contribution < 1.29 is 5.11 Å². The van der Waals surface area contributed by atoms with Crippen molar-refractivity contribution in [1.82, 2.24) is 0 Å². The molecule has 11 heavy (non-hydrogen) atoms. The van der Waals surface area contributed by atoms with Crippen molar-refractivity contribution in [3.05, 3.63) is 11.7 Å². The summed E-state index contributed by atoms with van der Waals surface area (Å²) in [6.07, 6.45) is 2.39. The van der Waals surface area contributed by atoms with Crippen LogP contribution in [0.5, 0.6) is 0 Å². The van der Waals surface area contributed by atoms with Gasteiger partial charge in [0.15, 0.2) is 0 Å². The largest absolute Gasteiger partial charge is 0.395 e. The first-order valence-corrected chi connectivity index (χ1v) is 3.70. The fraction of sp³-hybridized carbons (Fsp3) is 0.571. The third-order valence-electron chi connectivity index (χ3n) is 1.48. The number of aliphatic imine (C=N–C) groups is 1. The van der Waals surface area contributed by atoms with Gasteiger partial charge < -0.3 is 10.8 Å². The second kappa shape index (κ2) is 2.70. The van der Waals surface area contributed by atoms with Gasteiger partial charge in [0.25, 0.3) is 0 Å². The van der Waals surface area contributed by atoms with E-state index in [9.17, 15) is 5.11 Å². The van der Waals surface area contributed by atoms with Crippen LogP contribution in [0.1, 0.15) is 20.3 Å². The molecule has 1 aliphatic heterocycles. The molecule has 0 aliphatic carbocycles. The van der Waals surface area contributed by atoms with Gasteiger partial charge in [0, 0.05) is 6.20 Å².